The Kier molecular flexibility index (Phi) is 58.9. The largest absolute Gasteiger partial charge is 0.379 e. The quantitative estimate of drug-likeness (QED) is 0.0264. The van der Waals surface area contributed by atoms with Crippen LogP contribution >= 0.6 is 11.8 Å². The first-order chi connectivity index (χ1) is 39.8. The minimum Gasteiger partial charge on any atom is -0.379 e. The van der Waals surface area contributed by atoms with E-state index in [2.05, 4.69) is 122 Å². The Hall–Kier alpha value is -4.81. The Labute approximate surface area is 501 Å². The van der Waals surface area contributed by atoms with Crippen LogP contribution in [0.1, 0.15) is 189 Å². The van der Waals surface area contributed by atoms with E-state index in [4.69, 9.17) is 24.7 Å². The van der Waals surface area contributed by atoms with Crippen LogP contribution in [-0.4, -0.2) is 133 Å². The zero-order valence-electron chi connectivity index (χ0n) is 53.0. The molecule has 82 heavy (non-hydrogen) atoms. The van der Waals surface area contributed by atoms with Crippen LogP contribution in [0.4, 0.5) is 0 Å². The lowest BCUT2D eigenvalue weighted by Crippen LogP contribution is -2.39. The van der Waals surface area contributed by atoms with E-state index in [0.29, 0.717) is 103 Å². The first kappa shape index (κ1) is 81.4. The van der Waals surface area contributed by atoms with Gasteiger partial charge >= 0.3 is 0 Å². The summed E-state index contributed by atoms with van der Waals surface area (Å²) in [7, 11) is 3.50. The molecule has 0 radical (unpaired) electrons. The van der Waals surface area contributed by atoms with Gasteiger partial charge in [0.25, 0.3) is 0 Å². The molecule has 16 heteroatoms. The van der Waals surface area contributed by atoms with E-state index in [1.165, 1.54) is 29.5 Å². The zero-order chi connectivity index (χ0) is 61.9. The number of hydrogen-bond acceptors (Lipinski definition) is 13. The van der Waals surface area contributed by atoms with Gasteiger partial charge in [-0.1, -0.05) is 173 Å². The number of ether oxygens (including phenoxy) is 4. The third kappa shape index (κ3) is 42.1. The first-order valence-electron chi connectivity index (χ1n) is 30.7. The molecule has 0 bridgehead atoms. The number of benzene rings is 3. The summed E-state index contributed by atoms with van der Waals surface area (Å²) in [6.45, 7) is 23.9. The van der Waals surface area contributed by atoms with Crippen molar-refractivity contribution in [2.24, 2.45) is 5.73 Å². The summed E-state index contributed by atoms with van der Waals surface area (Å²) in [6, 6.07) is 31.1. The number of carbonyl (C=O) groups is 6. The van der Waals surface area contributed by atoms with Crippen LogP contribution in [0.25, 0.3) is 0 Å². The molecule has 0 saturated heterocycles. The molecule has 2 unspecified atom stereocenters. The fourth-order valence-electron chi connectivity index (χ4n) is 7.77. The fourth-order valence-corrected chi connectivity index (χ4v) is 9.32. The van der Waals surface area contributed by atoms with Crippen molar-refractivity contribution < 1.29 is 47.7 Å². The third-order valence-electron chi connectivity index (χ3n) is 11.7. The minimum absolute atomic E-state index is 0.00122. The van der Waals surface area contributed by atoms with Gasteiger partial charge in [0.05, 0.1) is 43.3 Å². The summed E-state index contributed by atoms with van der Waals surface area (Å²) in [5.41, 5.74) is 8.80. The fraction of sp³-hybridized carbons (Fsp3) is 0.636. The Balaban J connectivity index is -0.00000147. The molecule has 15 nitrogen and oxygen atoms in total. The highest BCUT2D eigenvalue weighted by Gasteiger charge is 2.36. The zero-order valence-corrected chi connectivity index (χ0v) is 53.8. The summed E-state index contributed by atoms with van der Waals surface area (Å²) >= 11 is 1.81. The van der Waals surface area contributed by atoms with Crippen molar-refractivity contribution in [2.45, 2.75) is 189 Å². The number of primary amides is 1. The second kappa shape index (κ2) is 59.4. The summed E-state index contributed by atoms with van der Waals surface area (Å²) < 4.78 is 21.2. The lowest BCUT2D eigenvalue weighted by molar-refractivity contribution is -0.127. The summed E-state index contributed by atoms with van der Waals surface area (Å²) in [5, 5.41) is 11.5. The number of ketones is 3. The molecule has 0 aliphatic rings. The van der Waals surface area contributed by atoms with Gasteiger partial charge < -0.3 is 45.9 Å². The van der Waals surface area contributed by atoms with Gasteiger partial charge in [0.15, 0.2) is 0 Å². The van der Waals surface area contributed by atoms with E-state index in [1.807, 2.05) is 59.7 Å². The van der Waals surface area contributed by atoms with Crippen LogP contribution in [0, 0.1) is 0 Å². The maximum atomic E-state index is 12.8. The third-order valence-corrected chi connectivity index (χ3v) is 13.3. The number of thioether (sulfide) groups is 1. The number of nitrogens with one attached hydrogen (secondary N) is 4. The van der Waals surface area contributed by atoms with E-state index < -0.39 is 4.75 Å². The number of amides is 3. The number of unbranched alkanes of at least 4 members (excludes halogenated alkanes) is 2. The van der Waals surface area contributed by atoms with Gasteiger partial charge in [-0.05, 0) is 88.6 Å². The molecular formula is C66H113N5O10S. The molecule has 0 heterocycles. The summed E-state index contributed by atoms with van der Waals surface area (Å²) in [6.07, 6.45) is 12.1. The molecule has 3 amide bonds. The lowest BCUT2D eigenvalue weighted by atomic mass is 9.84. The Morgan fingerprint density at radius 3 is 1.21 bits per heavy atom. The second-order valence-corrected chi connectivity index (χ2v) is 20.1. The number of nitrogens with two attached hydrogens (primary N) is 1. The van der Waals surface area contributed by atoms with Crippen LogP contribution in [0.2, 0.25) is 0 Å². The van der Waals surface area contributed by atoms with Crippen molar-refractivity contribution in [1.82, 2.24) is 21.3 Å². The van der Waals surface area contributed by atoms with Gasteiger partial charge in [0, 0.05) is 64.2 Å². The number of rotatable bonds is 42. The molecule has 2 atom stereocenters. The summed E-state index contributed by atoms with van der Waals surface area (Å²) in [4.78, 5) is 70.5. The van der Waals surface area contributed by atoms with Crippen molar-refractivity contribution in [1.29, 1.82) is 0 Å². The van der Waals surface area contributed by atoms with E-state index in [1.54, 1.807) is 25.9 Å². The molecule has 3 aromatic rings. The van der Waals surface area contributed by atoms with Crippen molar-refractivity contribution in [3.05, 3.63) is 108 Å². The van der Waals surface area contributed by atoms with Crippen molar-refractivity contribution in [3.63, 3.8) is 0 Å². The van der Waals surface area contributed by atoms with Gasteiger partial charge in [-0.15, -0.1) is 11.8 Å². The van der Waals surface area contributed by atoms with Gasteiger partial charge in [-0.3, -0.25) is 28.8 Å². The molecule has 3 aromatic carbocycles. The standard InChI is InChI=1S/C38H50N2O5S.C18H35N3O5.2C3H8.2C2H6/c1-3-36(42)35(39-2)23-13-14-25-40-37(43)30-45-28-27-44-26-15-22-34(41)24-29-46-38(31-16-7-4-8-17-31,32-18-9-5-10-19-32)33-20-11-6-12-21-33;1-3-7-15(22)8-6-11-25-12-13-26-14-17(23)21-10-5-4-9-16(20-2)18(19)24;2*1-3-2;2*1-2/h4-12,16-21,35,39H,3,13-15,22-30H2,1-2H3,(H,40,43);16,20H,3-14H2,1-2H3,(H2,19,24)(H,21,23);2*3H2,1-2H3;2*1-2H3. The smallest absolute Gasteiger partial charge is 0.245 e. The van der Waals surface area contributed by atoms with Crippen LogP contribution in [0.5, 0.6) is 0 Å². The maximum Gasteiger partial charge on any atom is 0.245 e. The number of hydrogen-bond donors (Lipinski definition) is 5. The molecule has 3 rings (SSSR count). The number of carbonyl (C=O) groups excluding carboxylic acids is 6. The number of likely N-dealkylation sites (N-methyl/N-ethyl adjacent to an activating group) is 2. The minimum atomic E-state index is -0.421. The Morgan fingerprint density at radius 2 is 0.854 bits per heavy atom. The monoisotopic (exact) mass is 1170 g/mol. The van der Waals surface area contributed by atoms with Crippen LogP contribution in [0.15, 0.2) is 91.0 Å². The van der Waals surface area contributed by atoms with Crippen LogP contribution in [0.3, 0.4) is 0 Å². The van der Waals surface area contributed by atoms with E-state index in [-0.39, 0.29) is 60.4 Å². The van der Waals surface area contributed by atoms with Crippen molar-refractivity contribution in [2.75, 3.05) is 85.8 Å². The normalized spacial score (nSPS) is 11.1. The highest BCUT2D eigenvalue weighted by Crippen LogP contribution is 2.48. The SMILES string of the molecule is CC.CC.CCC.CCC.CCC(=O)C(CCCCNC(=O)COCCOCCCC(=O)CCSC(c1ccccc1)(c1ccccc1)c1ccccc1)NC.CCCC(=O)CCCOCCOCC(=O)NCCCCC(NC)C(N)=O. The maximum absolute atomic E-state index is 12.8. The van der Waals surface area contributed by atoms with Crippen LogP contribution < -0.4 is 27.0 Å². The highest BCUT2D eigenvalue weighted by molar-refractivity contribution is 8.00. The Bertz CT molecular complexity index is 1870. The van der Waals surface area contributed by atoms with Gasteiger partial charge in [-0.25, -0.2) is 0 Å². The second-order valence-electron chi connectivity index (χ2n) is 18.8. The highest BCUT2D eigenvalue weighted by atomic mass is 32.2. The molecule has 0 fully saturated rings. The lowest BCUT2D eigenvalue weighted by Gasteiger charge is -2.35. The molecule has 0 saturated carbocycles. The molecule has 0 spiro atoms. The predicted octanol–water partition coefficient (Wildman–Crippen LogP) is 11.8. The first-order valence-corrected chi connectivity index (χ1v) is 31.7. The summed E-state index contributed by atoms with van der Waals surface area (Å²) in [5.74, 6) is 0.731. The topological polar surface area (TPSA) is 213 Å². The van der Waals surface area contributed by atoms with Gasteiger partial charge in [-0.2, -0.15) is 0 Å². The Morgan fingerprint density at radius 1 is 0.488 bits per heavy atom. The number of Topliss-reactive ketones (excluding diaryl/α,β-unsaturated/α-hetero) is 3. The molecule has 0 aliphatic carbocycles. The van der Waals surface area contributed by atoms with Crippen molar-refractivity contribution >= 4 is 46.8 Å². The molecule has 0 aliphatic heterocycles. The van der Waals surface area contributed by atoms with Crippen molar-refractivity contribution in [3.8, 4) is 0 Å². The average molecular weight is 1170 g/mol. The van der Waals surface area contributed by atoms with Gasteiger partial charge in [0.2, 0.25) is 17.7 Å². The van der Waals surface area contributed by atoms with E-state index in [9.17, 15) is 28.8 Å². The average Bonchev–Trinajstić information content (AvgIpc) is 3.39. The molecular weight excluding hydrogens is 1050 g/mol. The van der Waals surface area contributed by atoms with Gasteiger partial charge in [0.1, 0.15) is 30.6 Å². The van der Waals surface area contributed by atoms with Crippen LogP contribution in [-0.2, 0) is 52.5 Å². The molecule has 6 N–H and O–H groups in total. The van der Waals surface area contributed by atoms with E-state index in [0.717, 1.165) is 44.9 Å². The van der Waals surface area contributed by atoms with E-state index >= 15 is 0 Å². The molecule has 0 aromatic heterocycles. The predicted molar refractivity (Wildman–Crippen MR) is 341 cm³/mol. The molecule has 468 valence electrons.